The lowest BCUT2D eigenvalue weighted by molar-refractivity contribution is 0.261. The van der Waals surface area contributed by atoms with Crippen LogP contribution in [0.4, 0.5) is 0 Å². The first-order valence-electron chi connectivity index (χ1n) is 6.84. The third-order valence-electron chi connectivity index (χ3n) is 4.21. The van der Waals surface area contributed by atoms with Crippen LogP contribution in [-0.4, -0.2) is 31.2 Å². The Hall–Kier alpha value is -1.36. The van der Waals surface area contributed by atoms with Crippen molar-refractivity contribution in [3.8, 4) is 0 Å². The fraction of sp³-hybridized carbons (Fsp3) is 0.714. The van der Waals surface area contributed by atoms with E-state index in [1.165, 1.54) is 0 Å². The van der Waals surface area contributed by atoms with Gasteiger partial charge < -0.3 is 21.2 Å². The van der Waals surface area contributed by atoms with Crippen LogP contribution in [0.5, 0.6) is 0 Å². The van der Waals surface area contributed by atoms with Gasteiger partial charge in [-0.1, -0.05) is 20.3 Å². The predicted octanol–water partition coefficient (Wildman–Crippen LogP) is 1.65. The van der Waals surface area contributed by atoms with E-state index in [9.17, 15) is 0 Å². The molecule has 0 saturated heterocycles. The van der Waals surface area contributed by atoms with E-state index in [-0.39, 0.29) is 17.4 Å². The molecule has 2 rings (SSSR count). The van der Waals surface area contributed by atoms with Crippen LogP contribution in [0.1, 0.15) is 33.1 Å². The molecule has 0 aromatic heterocycles. The molecule has 0 aromatic rings. The molecule has 0 spiro atoms. The highest BCUT2D eigenvalue weighted by Gasteiger charge is 2.38. The summed E-state index contributed by atoms with van der Waals surface area (Å²) in [4.78, 5) is 4.41. The fourth-order valence-electron chi connectivity index (χ4n) is 2.88. The molecule has 0 amide bonds. The summed E-state index contributed by atoms with van der Waals surface area (Å²) >= 11 is 0. The molecule has 2 aliphatic rings. The van der Waals surface area contributed by atoms with Gasteiger partial charge in [-0.05, 0) is 12.8 Å². The molecule has 0 radical (unpaired) electrons. The zero-order valence-corrected chi connectivity index (χ0v) is 12.0. The number of ether oxygens (including phenoxy) is 1. The van der Waals surface area contributed by atoms with Crippen molar-refractivity contribution in [2.45, 2.75) is 39.2 Å². The van der Waals surface area contributed by atoms with E-state index >= 15 is 0 Å². The lowest BCUT2D eigenvalue weighted by atomic mass is 9.67. The van der Waals surface area contributed by atoms with Crippen molar-refractivity contribution in [3.63, 3.8) is 0 Å². The highest BCUT2D eigenvalue weighted by atomic mass is 16.5. The van der Waals surface area contributed by atoms with Crippen LogP contribution in [0.15, 0.2) is 17.0 Å². The molecule has 1 fully saturated rings. The predicted molar refractivity (Wildman–Crippen MR) is 77.4 cm³/mol. The maximum atomic E-state index is 8.39. The van der Waals surface area contributed by atoms with Gasteiger partial charge in [0.15, 0.2) is 5.88 Å². The molecule has 1 saturated carbocycles. The molecule has 5 heteroatoms. The summed E-state index contributed by atoms with van der Waals surface area (Å²) in [6.45, 7) is 4.76. The molecule has 19 heavy (non-hydrogen) atoms. The van der Waals surface area contributed by atoms with E-state index in [4.69, 9.17) is 15.9 Å². The monoisotopic (exact) mass is 264 g/mol. The molecule has 5 nitrogen and oxygen atoms in total. The first kappa shape index (κ1) is 14.1. The van der Waals surface area contributed by atoms with Crippen molar-refractivity contribution < 1.29 is 4.74 Å². The molecule has 2 atom stereocenters. The minimum Gasteiger partial charge on any atom is -0.482 e. The van der Waals surface area contributed by atoms with Crippen LogP contribution >= 0.6 is 0 Å². The van der Waals surface area contributed by atoms with Gasteiger partial charge in [0.2, 0.25) is 0 Å². The van der Waals surface area contributed by atoms with Crippen LogP contribution < -0.4 is 11.1 Å². The number of hydrogen-bond acceptors (Lipinski definition) is 5. The van der Waals surface area contributed by atoms with Crippen LogP contribution in [-0.2, 0) is 4.74 Å². The minimum absolute atomic E-state index is 0.0399. The molecular weight excluding hydrogens is 240 g/mol. The van der Waals surface area contributed by atoms with Crippen LogP contribution in [0.2, 0.25) is 0 Å². The van der Waals surface area contributed by atoms with Gasteiger partial charge in [0, 0.05) is 23.1 Å². The Morgan fingerprint density at radius 1 is 1.58 bits per heavy atom. The zero-order chi connectivity index (χ0) is 14.0. The Labute approximate surface area is 114 Å². The Bertz CT molecular complexity index is 425. The number of nitrogens with zero attached hydrogens (tertiary/aromatic N) is 1. The van der Waals surface area contributed by atoms with Gasteiger partial charge in [-0.25, -0.2) is 0 Å². The topological polar surface area (TPSA) is 83.5 Å². The molecule has 1 aliphatic carbocycles. The van der Waals surface area contributed by atoms with Gasteiger partial charge in [-0.2, -0.15) is 0 Å². The summed E-state index contributed by atoms with van der Waals surface area (Å²) in [5, 5.41) is 11.4. The lowest BCUT2D eigenvalue weighted by Crippen LogP contribution is -2.48. The van der Waals surface area contributed by atoms with Gasteiger partial charge in [-0.15, -0.1) is 0 Å². The number of rotatable bonds is 3. The number of nitrogens with two attached hydrogens (primary N) is 1. The highest BCUT2D eigenvalue weighted by molar-refractivity contribution is 6.04. The Balaban J connectivity index is 2.15. The van der Waals surface area contributed by atoms with Gasteiger partial charge in [0.1, 0.15) is 6.67 Å². The van der Waals surface area contributed by atoms with E-state index in [1.54, 1.807) is 7.11 Å². The molecule has 4 N–H and O–H groups in total. The maximum Gasteiger partial charge on any atom is 0.189 e. The smallest absolute Gasteiger partial charge is 0.189 e. The van der Waals surface area contributed by atoms with Crippen molar-refractivity contribution in [1.82, 2.24) is 5.32 Å². The lowest BCUT2D eigenvalue weighted by Gasteiger charge is -2.39. The van der Waals surface area contributed by atoms with E-state index in [0.29, 0.717) is 12.6 Å². The third kappa shape index (κ3) is 2.81. The molecule has 1 heterocycles. The van der Waals surface area contributed by atoms with Gasteiger partial charge >= 0.3 is 0 Å². The highest BCUT2D eigenvalue weighted by Crippen LogP contribution is 2.37. The van der Waals surface area contributed by atoms with Crippen LogP contribution in [0.25, 0.3) is 0 Å². The van der Waals surface area contributed by atoms with Gasteiger partial charge in [0.25, 0.3) is 0 Å². The summed E-state index contributed by atoms with van der Waals surface area (Å²) in [5.74, 6) is 0.789. The molecule has 2 unspecified atom stereocenters. The van der Waals surface area contributed by atoms with Crippen LogP contribution in [0, 0.1) is 16.7 Å². The fourth-order valence-corrected chi connectivity index (χ4v) is 2.88. The molecule has 0 aromatic carbocycles. The van der Waals surface area contributed by atoms with Gasteiger partial charge in [0.05, 0.1) is 18.9 Å². The van der Waals surface area contributed by atoms with Crippen molar-refractivity contribution >= 4 is 11.4 Å². The Kier molecular flexibility index (Phi) is 3.94. The summed E-state index contributed by atoms with van der Waals surface area (Å²) in [5.41, 5.74) is 7.91. The summed E-state index contributed by atoms with van der Waals surface area (Å²) < 4.78 is 5.19. The summed E-state index contributed by atoms with van der Waals surface area (Å²) in [7, 11) is 1.62. The van der Waals surface area contributed by atoms with E-state index in [2.05, 4.69) is 24.2 Å². The van der Waals surface area contributed by atoms with E-state index in [0.717, 1.165) is 30.7 Å². The van der Waals surface area contributed by atoms with Crippen molar-refractivity contribution in [1.29, 1.82) is 5.41 Å². The first-order chi connectivity index (χ1) is 8.95. The SMILES string of the molecule is COC1=CC(C(N)C2CCCC(C)(C)C2=N)=NCN1. The quantitative estimate of drug-likeness (QED) is 0.724. The zero-order valence-electron chi connectivity index (χ0n) is 12.0. The largest absolute Gasteiger partial charge is 0.482 e. The number of hydrogen-bond donors (Lipinski definition) is 3. The third-order valence-corrected chi connectivity index (χ3v) is 4.21. The first-order valence-corrected chi connectivity index (χ1v) is 6.84. The van der Waals surface area contributed by atoms with Crippen molar-refractivity contribution in [3.05, 3.63) is 12.0 Å². The number of aliphatic imine (C=N–C) groups is 1. The number of nitrogens with one attached hydrogen (secondary N) is 2. The minimum atomic E-state index is -0.209. The second-order valence-electron chi connectivity index (χ2n) is 5.95. The summed E-state index contributed by atoms with van der Waals surface area (Å²) in [6.07, 6.45) is 5.03. The second-order valence-corrected chi connectivity index (χ2v) is 5.95. The normalized spacial score (nSPS) is 28.0. The molecular formula is C14H24N4O. The van der Waals surface area contributed by atoms with E-state index < -0.39 is 0 Å². The Morgan fingerprint density at radius 3 is 3.00 bits per heavy atom. The molecule has 106 valence electrons. The maximum absolute atomic E-state index is 8.39. The average Bonchev–Trinajstić information content (AvgIpc) is 2.41. The Morgan fingerprint density at radius 2 is 2.32 bits per heavy atom. The molecule has 0 bridgehead atoms. The van der Waals surface area contributed by atoms with E-state index in [1.807, 2.05) is 6.08 Å². The van der Waals surface area contributed by atoms with Crippen molar-refractivity contribution in [2.24, 2.45) is 22.1 Å². The van der Waals surface area contributed by atoms with Gasteiger partial charge in [-0.3, -0.25) is 4.99 Å². The van der Waals surface area contributed by atoms with Crippen LogP contribution in [0.3, 0.4) is 0 Å². The number of methoxy groups -OCH3 is 1. The van der Waals surface area contributed by atoms with Crippen molar-refractivity contribution in [2.75, 3.05) is 13.8 Å². The average molecular weight is 264 g/mol. The second kappa shape index (κ2) is 5.33. The molecule has 1 aliphatic heterocycles. The summed E-state index contributed by atoms with van der Waals surface area (Å²) in [6, 6.07) is -0.209. The standard InChI is InChI=1S/C14H24N4O/c1-14(2)6-4-5-9(13(14)16)12(15)10-7-11(19-3)18-8-17-10/h7,9,12,16,18H,4-6,8,15H2,1-3H3.